The summed E-state index contributed by atoms with van der Waals surface area (Å²) in [6.45, 7) is 2.58. The van der Waals surface area contributed by atoms with Crippen molar-refractivity contribution in [1.82, 2.24) is 9.80 Å². The van der Waals surface area contributed by atoms with Crippen molar-refractivity contribution < 1.29 is 9.59 Å². The van der Waals surface area contributed by atoms with Crippen molar-refractivity contribution in [3.63, 3.8) is 0 Å². The molecule has 1 aliphatic rings. The van der Waals surface area contributed by atoms with Crippen LogP contribution in [0, 0.1) is 0 Å². The van der Waals surface area contributed by atoms with Gasteiger partial charge in [-0.1, -0.05) is 42.5 Å². The Balaban J connectivity index is 1.55. The molecule has 1 fully saturated rings. The normalized spacial score (nSPS) is 14.8. The minimum Gasteiger partial charge on any atom is -0.341 e. The Morgan fingerprint density at radius 2 is 1.50 bits per heavy atom. The van der Waals surface area contributed by atoms with Crippen LogP contribution in [-0.4, -0.2) is 47.8 Å². The molecule has 1 saturated heterocycles. The van der Waals surface area contributed by atoms with Crippen LogP contribution in [0.1, 0.15) is 28.8 Å². The molecule has 2 aromatic carbocycles. The van der Waals surface area contributed by atoms with E-state index in [0.717, 1.165) is 17.3 Å². The molecular weight excluding hydrogens is 392 g/mol. The lowest BCUT2D eigenvalue weighted by Gasteiger charge is -2.22. The van der Waals surface area contributed by atoms with Gasteiger partial charge < -0.3 is 9.80 Å². The average Bonchev–Trinajstić information content (AvgIpc) is 2.93. The number of nitrogens with zero attached hydrogens (tertiary/aromatic N) is 2. The minimum atomic E-state index is 0.0241. The number of hydrogen-bond donors (Lipinski definition) is 0. The van der Waals surface area contributed by atoms with Crippen molar-refractivity contribution in [1.29, 1.82) is 0 Å². The SMILES string of the molecule is O=C(CCc1ccccc1)N1CCCN(C(=O)c2ccccc2Br)CC1. The van der Waals surface area contributed by atoms with E-state index in [1.165, 1.54) is 5.56 Å². The Morgan fingerprint density at radius 1 is 0.846 bits per heavy atom. The van der Waals surface area contributed by atoms with E-state index < -0.39 is 0 Å². The summed E-state index contributed by atoms with van der Waals surface area (Å²) >= 11 is 3.45. The van der Waals surface area contributed by atoms with E-state index in [4.69, 9.17) is 0 Å². The highest BCUT2D eigenvalue weighted by molar-refractivity contribution is 9.10. The molecular formula is C21H23BrN2O2. The van der Waals surface area contributed by atoms with E-state index in [1.807, 2.05) is 64.4 Å². The molecule has 4 nitrogen and oxygen atoms in total. The second-order valence-corrected chi connectivity index (χ2v) is 7.35. The molecule has 0 N–H and O–H groups in total. The highest BCUT2D eigenvalue weighted by Gasteiger charge is 2.23. The molecule has 0 spiro atoms. The molecule has 5 heteroatoms. The second kappa shape index (κ2) is 8.99. The Morgan fingerprint density at radius 3 is 2.27 bits per heavy atom. The zero-order chi connectivity index (χ0) is 18.4. The first-order valence-corrected chi connectivity index (χ1v) is 9.80. The number of amides is 2. The quantitative estimate of drug-likeness (QED) is 0.763. The Hall–Kier alpha value is -2.14. The zero-order valence-electron chi connectivity index (χ0n) is 14.7. The van der Waals surface area contributed by atoms with Crippen LogP contribution in [-0.2, 0) is 11.2 Å². The Kier molecular flexibility index (Phi) is 6.45. The summed E-state index contributed by atoms with van der Waals surface area (Å²) in [4.78, 5) is 29.0. The minimum absolute atomic E-state index is 0.0241. The van der Waals surface area contributed by atoms with Crippen molar-refractivity contribution >= 4 is 27.7 Å². The van der Waals surface area contributed by atoms with E-state index in [0.29, 0.717) is 38.2 Å². The van der Waals surface area contributed by atoms with Gasteiger partial charge in [0.05, 0.1) is 5.56 Å². The van der Waals surface area contributed by atoms with Crippen LogP contribution in [0.2, 0.25) is 0 Å². The summed E-state index contributed by atoms with van der Waals surface area (Å²) in [7, 11) is 0. The highest BCUT2D eigenvalue weighted by Crippen LogP contribution is 2.19. The van der Waals surface area contributed by atoms with E-state index in [2.05, 4.69) is 15.9 Å². The Labute approximate surface area is 162 Å². The van der Waals surface area contributed by atoms with Crippen LogP contribution < -0.4 is 0 Å². The van der Waals surface area contributed by atoms with Gasteiger partial charge in [0.25, 0.3) is 5.91 Å². The lowest BCUT2D eigenvalue weighted by Crippen LogP contribution is -2.37. The first-order chi connectivity index (χ1) is 12.6. The maximum atomic E-state index is 12.8. The zero-order valence-corrected chi connectivity index (χ0v) is 16.3. The van der Waals surface area contributed by atoms with Crippen molar-refractivity contribution in [2.45, 2.75) is 19.3 Å². The molecule has 2 aromatic rings. The molecule has 0 aromatic heterocycles. The second-order valence-electron chi connectivity index (χ2n) is 6.49. The number of carbonyl (C=O) groups is 2. The van der Waals surface area contributed by atoms with Crippen LogP contribution >= 0.6 is 15.9 Å². The number of hydrogen-bond acceptors (Lipinski definition) is 2. The molecule has 136 valence electrons. The molecule has 3 rings (SSSR count). The van der Waals surface area contributed by atoms with Gasteiger partial charge in [0, 0.05) is 37.1 Å². The van der Waals surface area contributed by atoms with Gasteiger partial charge in [-0.05, 0) is 46.5 Å². The maximum Gasteiger partial charge on any atom is 0.255 e. The van der Waals surface area contributed by atoms with Gasteiger partial charge in [-0.2, -0.15) is 0 Å². The van der Waals surface area contributed by atoms with Gasteiger partial charge in [0.1, 0.15) is 0 Å². The smallest absolute Gasteiger partial charge is 0.255 e. The maximum absolute atomic E-state index is 12.8. The fourth-order valence-corrected chi connectivity index (χ4v) is 3.68. The third-order valence-corrected chi connectivity index (χ3v) is 5.40. The number of rotatable bonds is 4. The van der Waals surface area contributed by atoms with Gasteiger partial charge in [0.15, 0.2) is 0 Å². The van der Waals surface area contributed by atoms with Gasteiger partial charge in [-0.15, -0.1) is 0 Å². The number of aryl methyl sites for hydroxylation is 1. The summed E-state index contributed by atoms with van der Waals surface area (Å²) in [5.74, 6) is 0.195. The van der Waals surface area contributed by atoms with Crippen LogP contribution in [0.4, 0.5) is 0 Å². The first kappa shape index (κ1) is 18.6. The predicted octanol–water partition coefficient (Wildman–Crippen LogP) is 3.76. The van der Waals surface area contributed by atoms with Crippen molar-refractivity contribution in [2.75, 3.05) is 26.2 Å². The lowest BCUT2D eigenvalue weighted by atomic mass is 10.1. The van der Waals surface area contributed by atoms with E-state index >= 15 is 0 Å². The van der Waals surface area contributed by atoms with Crippen molar-refractivity contribution in [2.24, 2.45) is 0 Å². The molecule has 0 radical (unpaired) electrons. The molecule has 1 heterocycles. The molecule has 0 unspecified atom stereocenters. The summed E-state index contributed by atoms with van der Waals surface area (Å²) in [6, 6.07) is 17.6. The molecule has 2 amide bonds. The third kappa shape index (κ3) is 4.73. The fraction of sp³-hybridized carbons (Fsp3) is 0.333. The molecule has 1 aliphatic heterocycles. The summed E-state index contributed by atoms with van der Waals surface area (Å²) in [5.41, 5.74) is 1.86. The van der Waals surface area contributed by atoms with Gasteiger partial charge in [-0.3, -0.25) is 9.59 Å². The molecule has 0 bridgehead atoms. The third-order valence-electron chi connectivity index (χ3n) is 4.71. The van der Waals surface area contributed by atoms with Gasteiger partial charge in [-0.25, -0.2) is 0 Å². The molecule has 26 heavy (non-hydrogen) atoms. The van der Waals surface area contributed by atoms with E-state index in [-0.39, 0.29) is 11.8 Å². The van der Waals surface area contributed by atoms with Crippen LogP contribution in [0.5, 0.6) is 0 Å². The number of benzene rings is 2. The summed E-state index contributed by atoms with van der Waals surface area (Å²) in [6.07, 6.45) is 2.09. The van der Waals surface area contributed by atoms with E-state index in [9.17, 15) is 9.59 Å². The van der Waals surface area contributed by atoms with Gasteiger partial charge in [0.2, 0.25) is 5.91 Å². The highest BCUT2D eigenvalue weighted by atomic mass is 79.9. The molecule has 0 atom stereocenters. The van der Waals surface area contributed by atoms with Crippen molar-refractivity contribution in [3.05, 3.63) is 70.2 Å². The summed E-state index contributed by atoms with van der Waals surface area (Å²) < 4.78 is 0.810. The van der Waals surface area contributed by atoms with E-state index in [1.54, 1.807) is 0 Å². The summed E-state index contributed by atoms with van der Waals surface area (Å²) in [5, 5.41) is 0. The average molecular weight is 415 g/mol. The van der Waals surface area contributed by atoms with Gasteiger partial charge >= 0.3 is 0 Å². The lowest BCUT2D eigenvalue weighted by molar-refractivity contribution is -0.131. The standard InChI is InChI=1S/C21H23BrN2O2/c22-19-10-5-4-9-18(19)21(26)24-14-6-13-23(15-16-24)20(25)12-11-17-7-2-1-3-8-17/h1-5,7-10H,6,11-16H2. The van der Waals surface area contributed by atoms with Crippen molar-refractivity contribution in [3.8, 4) is 0 Å². The number of carbonyl (C=O) groups excluding carboxylic acids is 2. The molecule has 0 aliphatic carbocycles. The fourth-order valence-electron chi connectivity index (χ4n) is 3.23. The van der Waals surface area contributed by atoms with Crippen LogP contribution in [0.3, 0.4) is 0 Å². The Bertz CT molecular complexity index is 764. The topological polar surface area (TPSA) is 40.6 Å². The first-order valence-electron chi connectivity index (χ1n) is 9.00. The van der Waals surface area contributed by atoms with Crippen LogP contribution in [0.15, 0.2) is 59.1 Å². The predicted molar refractivity (Wildman–Crippen MR) is 106 cm³/mol. The monoisotopic (exact) mass is 414 g/mol. The number of halogens is 1. The molecule has 0 saturated carbocycles. The van der Waals surface area contributed by atoms with Crippen LogP contribution in [0.25, 0.3) is 0 Å². The largest absolute Gasteiger partial charge is 0.341 e.